The minimum Gasteiger partial charge on any atom is -0.325 e. The first-order valence-electron chi connectivity index (χ1n) is 6.34. The SMILES string of the molecule is CC(C)(C(=O)Nc1cccc(CCCBr)c1)S(C)(=O)=O. The molecule has 0 aliphatic heterocycles. The van der Waals surface area contributed by atoms with Gasteiger partial charge in [0.15, 0.2) is 9.84 Å². The molecule has 1 rings (SSSR count). The highest BCUT2D eigenvalue weighted by Gasteiger charge is 2.38. The van der Waals surface area contributed by atoms with Gasteiger partial charge in [-0.3, -0.25) is 4.79 Å². The van der Waals surface area contributed by atoms with Gasteiger partial charge >= 0.3 is 0 Å². The second-order valence-corrected chi connectivity index (χ2v) is 8.59. The second-order valence-electron chi connectivity index (χ2n) is 5.23. The molecule has 0 aliphatic carbocycles. The molecule has 1 aromatic carbocycles. The molecule has 0 bridgehead atoms. The molecule has 0 aliphatic rings. The highest BCUT2D eigenvalue weighted by atomic mass is 79.9. The van der Waals surface area contributed by atoms with Gasteiger partial charge in [0.2, 0.25) is 5.91 Å². The summed E-state index contributed by atoms with van der Waals surface area (Å²) in [4.78, 5) is 12.1. The lowest BCUT2D eigenvalue weighted by molar-refractivity contribution is -0.117. The number of amides is 1. The Hall–Kier alpha value is -0.880. The summed E-state index contributed by atoms with van der Waals surface area (Å²) in [5.74, 6) is -0.516. The van der Waals surface area contributed by atoms with E-state index in [1.54, 1.807) is 6.07 Å². The summed E-state index contributed by atoms with van der Waals surface area (Å²) < 4.78 is 21.8. The first kappa shape index (κ1) is 17.2. The lowest BCUT2D eigenvalue weighted by atomic mass is 10.1. The highest BCUT2D eigenvalue weighted by molar-refractivity contribution is 9.09. The Morgan fingerprint density at radius 3 is 2.55 bits per heavy atom. The number of halogens is 1. The summed E-state index contributed by atoms with van der Waals surface area (Å²) in [6.45, 7) is 2.82. The van der Waals surface area contributed by atoms with Gasteiger partial charge < -0.3 is 5.32 Å². The first-order chi connectivity index (χ1) is 9.18. The molecule has 1 aromatic rings. The summed E-state index contributed by atoms with van der Waals surface area (Å²) in [5.41, 5.74) is 1.73. The van der Waals surface area contributed by atoms with Crippen LogP contribution in [-0.4, -0.2) is 30.7 Å². The third-order valence-electron chi connectivity index (χ3n) is 3.26. The molecular formula is C14H20BrNO3S. The Labute approximate surface area is 129 Å². The van der Waals surface area contributed by atoms with Crippen molar-refractivity contribution in [2.75, 3.05) is 16.9 Å². The van der Waals surface area contributed by atoms with Crippen LogP contribution in [0.15, 0.2) is 24.3 Å². The molecule has 0 heterocycles. The average molecular weight is 362 g/mol. The monoisotopic (exact) mass is 361 g/mol. The number of rotatable bonds is 6. The molecular weight excluding hydrogens is 342 g/mol. The lowest BCUT2D eigenvalue weighted by Crippen LogP contribution is -2.43. The maximum Gasteiger partial charge on any atom is 0.245 e. The third-order valence-corrected chi connectivity index (χ3v) is 5.86. The van der Waals surface area contributed by atoms with Gasteiger partial charge in [-0.1, -0.05) is 28.1 Å². The van der Waals surface area contributed by atoms with Gasteiger partial charge in [-0.15, -0.1) is 0 Å². The van der Waals surface area contributed by atoms with Gasteiger partial charge in [0.1, 0.15) is 4.75 Å². The molecule has 20 heavy (non-hydrogen) atoms. The first-order valence-corrected chi connectivity index (χ1v) is 9.35. The minimum atomic E-state index is -3.46. The number of aryl methyl sites for hydroxylation is 1. The fourth-order valence-corrected chi connectivity index (χ4v) is 2.19. The van der Waals surface area contributed by atoms with E-state index in [2.05, 4.69) is 21.2 Å². The summed E-state index contributed by atoms with van der Waals surface area (Å²) >= 11 is 3.38. The van der Waals surface area contributed by atoms with Crippen molar-refractivity contribution in [1.82, 2.24) is 0 Å². The van der Waals surface area contributed by atoms with Crippen LogP contribution >= 0.6 is 15.9 Å². The van der Waals surface area contributed by atoms with Gasteiger partial charge in [-0.2, -0.15) is 0 Å². The molecule has 0 aromatic heterocycles. The quantitative estimate of drug-likeness (QED) is 0.792. The number of alkyl halides is 1. The highest BCUT2D eigenvalue weighted by Crippen LogP contribution is 2.19. The fraction of sp³-hybridized carbons (Fsp3) is 0.500. The zero-order chi connectivity index (χ0) is 15.4. The van der Waals surface area contributed by atoms with Crippen molar-refractivity contribution in [3.8, 4) is 0 Å². The summed E-state index contributed by atoms with van der Waals surface area (Å²) in [7, 11) is -3.46. The van der Waals surface area contributed by atoms with E-state index in [1.165, 1.54) is 13.8 Å². The molecule has 0 unspecified atom stereocenters. The molecule has 0 fully saturated rings. The van der Waals surface area contributed by atoms with E-state index in [9.17, 15) is 13.2 Å². The van der Waals surface area contributed by atoms with Gasteiger partial charge in [0.05, 0.1) is 0 Å². The van der Waals surface area contributed by atoms with E-state index in [1.807, 2.05) is 18.2 Å². The summed E-state index contributed by atoms with van der Waals surface area (Å²) in [6.07, 6.45) is 2.98. The van der Waals surface area contributed by atoms with Crippen LogP contribution in [0.5, 0.6) is 0 Å². The number of sulfone groups is 1. The van der Waals surface area contributed by atoms with Crippen LogP contribution < -0.4 is 5.32 Å². The number of benzene rings is 1. The molecule has 112 valence electrons. The largest absolute Gasteiger partial charge is 0.325 e. The van der Waals surface area contributed by atoms with Crippen molar-refractivity contribution < 1.29 is 13.2 Å². The third kappa shape index (κ3) is 4.31. The van der Waals surface area contributed by atoms with E-state index in [0.717, 1.165) is 30.0 Å². The summed E-state index contributed by atoms with van der Waals surface area (Å²) in [5, 5.41) is 3.60. The fourth-order valence-electron chi connectivity index (χ4n) is 1.53. The number of anilines is 1. The van der Waals surface area contributed by atoms with Gasteiger partial charge in [-0.05, 0) is 44.4 Å². The van der Waals surface area contributed by atoms with Gasteiger partial charge in [-0.25, -0.2) is 8.42 Å². The molecule has 6 heteroatoms. The van der Waals surface area contributed by atoms with Crippen LogP contribution in [0.3, 0.4) is 0 Å². The van der Waals surface area contributed by atoms with E-state index in [4.69, 9.17) is 0 Å². The Bertz CT molecular complexity index is 582. The van der Waals surface area contributed by atoms with Crippen LogP contribution in [0.25, 0.3) is 0 Å². The number of carbonyl (C=O) groups excluding carboxylic acids is 1. The Balaban J connectivity index is 2.86. The van der Waals surface area contributed by atoms with Crippen LogP contribution in [0.1, 0.15) is 25.8 Å². The molecule has 1 N–H and O–H groups in total. The molecule has 0 saturated heterocycles. The predicted octanol–water partition coefficient (Wildman–Crippen LogP) is 2.78. The van der Waals surface area contributed by atoms with Crippen molar-refractivity contribution in [3.63, 3.8) is 0 Å². The topological polar surface area (TPSA) is 63.2 Å². The zero-order valence-electron chi connectivity index (χ0n) is 11.9. The Morgan fingerprint density at radius 1 is 1.35 bits per heavy atom. The van der Waals surface area contributed by atoms with E-state index >= 15 is 0 Å². The Morgan fingerprint density at radius 2 is 2.00 bits per heavy atom. The summed E-state index contributed by atoms with van der Waals surface area (Å²) in [6, 6.07) is 7.47. The van der Waals surface area contributed by atoms with Crippen molar-refractivity contribution >= 4 is 37.4 Å². The maximum absolute atomic E-state index is 12.1. The van der Waals surface area contributed by atoms with Crippen molar-refractivity contribution in [3.05, 3.63) is 29.8 Å². The lowest BCUT2D eigenvalue weighted by Gasteiger charge is -2.21. The van der Waals surface area contributed by atoms with Crippen molar-refractivity contribution in [2.45, 2.75) is 31.4 Å². The zero-order valence-corrected chi connectivity index (χ0v) is 14.3. The number of nitrogens with one attached hydrogen (secondary N) is 1. The molecule has 0 atom stereocenters. The maximum atomic E-state index is 12.1. The second kappa shape index (κ2) is 6.72. The normalized spacial score (nSPS) is 12.2. The standard InChI is InChI=1S/C14H20BrNO3S/c1-14(2,20(3,18)19)13(17)16-12-8-4-6-11(10-12)7-5-9-15/h4,6,8,10H,5,7,9H2,1-3H3,(H,16,17). The molecule has 4 nitrogen and oxygen atoms in total. The molecule has 0 saturated carbocycles. The smallest absolute Gasteiger partial charge is 0.245 e. The average Bonchev–Trinajstić information content (AvgIpc) is 2.35. The van der Waals surface area contributed by atoms with E-state index in [-0.39, 0.29) is 0 Å². The van der Waals surface area contributed by atoms with Crippen LogP contribution in [0.4, 0.5) is 5.69 Å². The van der Waals surface area contributed by atoms with E-state index < -0.39 is 20.5 Å². The van der Waals surface area contributed by atoms with E-state index in [0.29, 0.717) is 5.69 Å². The molecule has 1 amide bonds. The molecule has 0 radical (unpaired) electrons. The predicted molar refractivity (Wildman–Crippen MR) is 86.1 cm³/mol. The number of carbonyl (C=O) groups is 1. The van der Waals surface area contributed by atoms with Crippen LogP contribution in [0, 0.1) is 0 Å². The number of hydrogen-bond acceptors (Lipinski definition) is 3. The Kier molecular flexibility index (Phi) is 5.77. The molecule has 0 spiro atoms. The van der Waals surface area contributed by atoms with Gasteiger partial charge in [0, 0.05) is 17.3 Å². The van der Waals surface area contributed by atoms with Crippen molar-refractivity contribution in [1.29, 1.82) is 0 Å². The minimum absolute atomic E-state index is 0.516. The van der Waals surface area contributed by atoms with Crippen LogP contribution in [0.2, 0.25) is 0 Å². The van der Waals surface area contributed by atoms with Gasteiger partial charge in [0.25, 0.3) is 0 Å². The number of hydrogen-bond donors (Lipinski definition) is 1. The van der Waals surface area contributed by atoms with Crippen LogP contribution in [-0.2, 0) is 21.1 Å². The van der Waals surface area contributed by atoms with Crippen molar-refractivity contribution in [2.24, 2.45) is 0 Å².